The molecule has 0 aliphatic rings. The first-order valence-corrected chi connectivity index (χ1v) is 9.12. The monoisotopic (exact) mass is 317 g/mol. The van der Waals surface area contributed by atoms with Crippen molar-refractivity contribution in [1.29, 1.82) is 0 Å². The smallest absolute Gasteiger partial charge is 0.220 e. The van der Waals surface area contributed by atoms with Crippen molar-refractivity contribution >= 4 is 22.8 Å². The van der Waals surface area contributed by atoms with E-state index in [2.05, 4.69) is 12.2 Å². The second-order valence-electron chi connectivity index (χ2n) is 5.47. The van der Waals surface area contributed by atoms with Gasteiger partial charge in [0.15, 0.2) is 5.12 Å². The SMILES string of the molecule is CCCCCCC(=O)NCCSC(=O)[C@@H](C)C(O)CCC. The summed E-state index contributed by atoms with van der Waals surface area (Å²) in [5.41, 5.74) is 0. The zero-order valence-corrected chi connectivity index (χ0v) is 14.5. The lowest BCUT2D eigenvalue weighted by atomic mass is 10.0. The molecule has 2 atom stereocenters. The number of hydrogen-bond acceptors (Lipinski definition) is 4. The van der Waals surface area contributed by atoms with Gasteiger partial charge in [0.25, 0.3) is 0 Å². The normalized spacial score (nSPS) is 13.7. The van der Waals surface area contributed by atoms with Crippen LogP contribution in [-0.2, 0) is 9.59 Å². The molecule has 0 fully saturated rings. The molecule has 0 spiro atoms. The largest absolute Gasteiger partial charge is 0.392 e. The Bertz CT molecular complexity index is 297. The lowest BCUT2D eigenvalue weighted by molar-refractivity contribution is -0.121. The van der Waals surface area contributed by atoms with Gasteiger partial charge < -0.3 is 10.4 Å². The zero-order chi connectivity index (χ0) is 16.1. The third kappa shape index (κ3) is 10.8. The second-order valence-corrected chi connectivity index (χ2v) is 6.57. The average molecular weight is 317 g/mol. The van der Waals surface area contributed by atoms with E-state index in [1.807, 2.05) is 6.92 Å². The van der Waals surface area contributed by atoms with Crippen molar-refractivity contribution < 1.29 is 14.7 Å². The topological polar surface area (TPSA) is 66.4 Å². The molecule has 124 valence electrons. The van der Waals surface area contributed by atoms with Crippen LogP contribution in [-0.4, -0.2) is 34.5 Å². The molecule has 0 bridgehead atoms. The van der Waals surface area contributed by atoms with Crippen LogP contribution in [0.5, 0.6) is 0 Å². The molecule has 0 heterocycles. The molecule has 21 heavy (non-hydrogen) atoms. The van der Waals surface area contributed by atoms with Gasteiger partial charge in [-0.25, -0.2) is 0 Å². The molecule has 1 unspecified atom stereocenters. The number of nitrogens with one attached hydrogen (secondary N) is 1. The van der Waals surface area contributed by atoms with Crippen molar-refractivity contribution in [3.05, 3.63) is 0 Å². The number of unbranched alkanes of at least 4 members (excludes halogenated alkanes) is 3. The molecule has 4 nitrogen and oxygen atoms in total. The Morgan fingerprint density at radius 2 is 1.86 bits per heavy atom. The molecular formula is C16H31NO3S. The lowest BCUT2D eigenvalue weighted by Crippen LogP contribution is -2.27. The van der Waals surface area contributed by atoms with Gasteiger partial charge in [-0.15, -0.1) is 0 Å². The van der Waals surface area contributed by atoms with Gasteiger partial charge in [-0.3, -0.25) is 9.59 Å². The van der Waals surface area contributed by atoms with Crippen LogP contribution >= 0.6 is 11.8 Å². The van der Waals surface area contributed by atoms with Gasteiger partial charge in [0, 0.05) is 18.7 Å². The molecule has 0 radical (unpaired) electrons. The van der Waals surface area contributed by atoms with Gasteiger partial charge >= 0.3 is 0 Å². The molecule has 0 rings (SSSR count). The number of amides is 1. The summed E-state index contributed by atoms with van der Waals surface area (Å²) in [5, 5.41) is 12.6. The third-order valence-electron chi connectivity index (χ3n) is 3.46. The van der Waals surface area contributed by atoms with Crippen molar-refractivity contribution in [2.45, 2.75) is 71.8 Å². The molecule has 0 aromatic heterocycles. The Morgan fingerprint density at radius 3 is 2.48 bits per heavy atom. The highest BCUT2D eigenvalue weighted by Crippen LogP contribution is 2.17. The van der Waals surface area contributed by atoms with Crippen LogP contribution in [0.3, 0.4) is 0 Å². The van der Waals surface area contributed by atoms with Crippen LogP contribution in [0.25, 0.3) is 0 Å². The molecule has 0 saturated carbocycles. The van der Waals surface area contributed by atoms with E-state index in [1.54, 1.807) is 6.92 Å². The second kappa shape index (κ2) is 13.1. The molecule has 5 heteroatoms. The van der Waals surface area contributed by atoms with Crippen molar-refractivity contribution in [2.24, 2.45) is 5.92 Å². The van der Waals surface area contributed by atoms with E-state index >= 15 is 0 Å². The number of carbonyl (C=O) groups excluding carboxylic acids is 2. The van der Waals surface area contributed by atoms with E-state index in [-0.39, 0.29) is 16.9 Å². The van der Waals surface area contributed by atoms with Gasteiger partial charge in [0.05, 0.1) is 12.0 Å². The van der Waals surface area contributed by atoms with Crippen LogP contribution in [0.1, 0.15) is 65.7 Å². The molecule has 0 aromatic carbocycles. The summed E-state index contributed by atoms with van der Waals surface area (Å²) < 4.78 is 0. The summed E-state index contributed by atoms with van der Waals surface area (Å²) in [6.45, 7) is 6.41. The Kier molecular flexibility index (Phi) is 12.8. The Hall–Kier alpha value is -0.550. The average Bonchev–Trinajstić information content (AvgIpc) is 2.47. The summed E-state index contributed by atoms with van der Waals surface area (Å²) in [4.78, 5) is 23.4. The van der Waals surface area contributed by atoms with E-state index in [4.69, 9.17) is 0 Å². The van der Waals surface area contributed by atoms with Gasteiger partial charge in [-0.2, -0.15) is 0 Å². The van der Waals surface area contributed by atoms with Crippen LogP contribution in [0.2, 0.25) is 0 Å². The number of aliphatic hydroxyl groups is 1. The molecular weight excluding hydrogens is 286 g/mol. The molecule has 0 saturated heterocycles. The highest BCUT2D eigenvalue weighted by atomic mass is 32.2. The number of hydrogen-bond donors (Lipinski definition) is 2. The molecule has 0 aliphatic heterocycles. The Labute approximate surface area is 133 Å². The van der Waals surface area contributed by atoms with Gasteiger partial charge in [0.2, 0.25) is 5.91 Å². The molecule has 0 aliphatic carbocycles. The number of carbonyl (C=O) groups is 2. The fraction of sp³-hybridized carbons (Fsp3) is 0.875. The van der Waals surface area contributed by atoms with Gasteiger partial charge in [0.1, 0.15) is 0 Å². The van der Waals surface area contributed by atoms with Gasteiger partial charge in [-0.05, 0) is 12.8 Å². The first-order valence-electron chi connectivity index (χ1n) is 8.14. The van der Waals surface area contributed by atoms with Crippen molar-refractivity contribution in [3.8, 4) is 0 Å². The zero-order valence-electron chi connectivity index (χ0n) is 13.7. The van der Waals surface area contributed by atoms with E-state index in [0.717, 1.165) is 19.3 Å². The molecule has 1 amide bonds. The maximum atomic E-state index is 11.8. The third-order valence-corrected chi connectivity index (χ3v) is 4.52. The van der Waals surface area contributed by atoms with E-state index in [9.17, 15) is 14.7 Å². The Morgan fingerprint density at radius 1 is 1.14 bits per heavy atom. The number of aliphatic hydroxyl groups excluding tert-OH is 1. The predicted octanol–water partition coefficient (Wildman–Crippen LogP) is 3.13. The van der Waals surface area contributed by atoms with E-state index in [1.165, 1.54) is 24.6 Å². The quantitative estimate of drug-likeness (QED) is 0.543. The summed E-state index contributed by atoms with van der Waals surface area (Å²) in [6, 6.07) is 0. The van der Waals surface area contributed by atoms with E-state index < -0.39 is 6.10 Å². The number of thioether (sulfide) groups is 1. The first-order chi connectivity index (χ1) is 10.0. The Balaban J connectivity index is 3.65. The van der Waals surface area contributed by atoms with Crippen molar-refractivity contribution in [2.75, 3.05) is 12.3 Å². The maximum absolute atomic E-state index is 11.8. The minimum Gasteiger partial charge on any atom is -0.392 e. The standard InChI is InChI=1S/C16H31NO3S/c1-4-6-7-8-10-15(19)17-11-12-21-16(20)13(3)14(18)9-5-2/h13-14,18H,4-12H2,1-3H3,(H,17,19)/t13-,14?/m0/s1. The number of rotatable bonds is 12. The first kappa shape index (κ1) is 20.5. The lowest BCUT2D eigenvalue weighted by Gasteiger charge is -2.16. The van der Waals surface area contributed by atoms with Crippen LogP contribution in [0, 0.1) is 5.92 Å². The minimum absolute atomic E-state index is 0.00754. The highest BCUT2D eigenvalue weighted by Gasteiger charge is 2.21. The van der Waals surface area contributed by atoms with Crippen molar-refractivity contribution in [3.63, 3.8) is 0 Å². The highest BCUT2D eigenvalue weighted by molar-refractivity contribution is 8.13. The summed E-state index contributed by atoms with van der Waals surface area (Å²) in [7, 11) is 0. The van der Waals surface area contributed by atoms with Crippen LogP contribution in [0.15, 0.2) is 0 Å². The van der Waals surface area contributed by atoms with Crippen molar-refractivity contribution in [1.82, 2.24) is 5.32 Å². The minimum atomic E-state index is -0.553. The maximum Gasteiger partial charge on any atom is 0.220 e. The summed E-state index contributed by atoms with van der Waals surface area (Å²) in [5.74, 6) is 0.306. The summed E-state index contributed by atoms with van der Waals surface area (Å²) >= 11 is 1.20. The van der Waals surface area contributed by atoms with E-state index in [0.29, 0.717) is 25.1 Å². The summed E-state index contributed by atoms with van der Waals surface area (Å²) in [6.07, 6.45) is 5.93. The molecule has 2 N–H and O–H groups in total. The fourth-order valence-electron chi connectivity index (χ4n) is 1.98. The molecule has 0 aromatic rings. The van der Waals surface area contributed by atoms with Crippen LogP contribution < -0.4 is 5.32 Å². The fourth-order valence-corrected chi connectivity index (χ4v) is 2.80. The predicted molar refractivity (Wildman–Crippen MR) is 89.3 cm³/mol. The van der Waals surface area contributed by atoms with Crippen LogP contribution in [0.4, 0.5) is 0 Å². The van der Waals surface area contributed by atoms with Gasteiger partial charge in [-0.1, -0.05) is 58.2 Å².